The molecule has 0 saturated carbocycles. The van der Waals surface area contributed by atoms with Gasteiger partial charge in [-0.15, -0.1) is 0 Å². The first-order chi connectivity index (χ1) is 9.00. The first-order valence-corrected chi connectivity index (χ1v) is 7.77. The number of hydrogen-bond donors (Lipinski definition) is 0. The first-order valence-electron chi connectivity index (χ1n) is 6.04. The molecule has 102 valence electrons. The van der Waals surface area contributed by atoms with Gasteiger partial charge >= 0.3 is 0 Å². The molecule has 1 amide bonds. The van der Waals surface area contributed by atoms with Gasteiger partial charge in [-0.25, -0.2) is 0 Å². The summed E-state index contributed by atoms with van der Waals surface area (Å²) in [6.07, 6.45) is 3.13. The molecule has 1 aromatic carbocycles. The zero-order valence-electron chi connectivity index (χ0n) is 11.3. The number of carbonyl (C=O) groups excluding carboxylic acids is 1. The van der Waals surface area contributed by atoms with Gasteiger partial charge in [-0.1, -0.05) is 18.2 Å². The highest BCUT2D eigenvalue weighted by molar-refractivity contribution is 7.84. The Morgan fingerprint density at radius 3 is 2.79 bits per heavy atom. The molecule has 19 heavy (non-hydrogen) atoms. The molecule has 2 rings (SSSR count). The van der Waals surface area contributed by atoms with Gasteiger partial charge in [-0.2, -0.15) is 0 Å². The maximum atomic E-state index is 12.4. The van der Waals surface area contributed by atoms with Crippen LogP contribution in [0.2, 0.25) is 0 Å². The third-order valence-electron chi connectivity index (χ3n) is 3.17. The Morgan fingerprint density at radius 2 is 2.11 bits per heavy atom. The van der Waals surface area contributed by atoms with E-state index in [0.29, 0.717) is 16.9 Å². The Bertz CT molecular complexity index is 620. The molecule has 0 N–H and O–H groups in total. The lowest BCUT2D eigenvalue weighted by Gasteiger charge is -2.23. The van der Waals surface area contributed by atoms with E-state index < -0.39 is 10.8 Å². The Balaban J connectivity index is 2.26. The van der Waals surface area contributed by atoms with E-state index >= 15 is 0 Å². The van der Waals surface area contributed by atoms with Crippen molar-refractivity contribution in [2.75, 3.05) is 19.1 Å². The van der Waals surface area contributed by atoms with E-state index in [9.17, 15) is 9.00 Å². The lowest BCUT2D eigenvalue weighted by atomic mass is 10.1. The highest BCUT2D eigenvalue weighted by atomic mass is 32.2. The second-order valence-corrected chi connectivity index (χ2v) is 6.13. The van der Waals surface area contributed by atoms with Gasteiger partial charge in [0.15, 0.2) is 0 Å². The number of hydrogen-bond acceptors (Lipinski definition) is 3. The lowest BCUT2D eigenvalue weighted by molar-refractivity contribution is 0.0758. The van der Waals surface area contributed by atoms with Crippen LogP contribution < -0.4 is 0 Å². The Morgan fingerprint density at radius 1 is 1.42 bits per heavy atom. The summed E-state index contributed by atoms with van der Waals surface area (Å²) < 4.78 is 16.6. The van der Waals surface area contributed by atoms with Crippen molar-refractivity contribution in [1.82, 2.24) is 4.90 Å². The normalized spacial score (nSPS) is 14.3. The van der Waals surface area contributed by atoms with E-state index in [4.69, 9.17) is 4.42 Å². The number of amides is 1. The van der Waals surface area contributed by atoms with Crippen LogP contribution in [0.15, 0.2) is 34.9 Å². The maximum Gasteiger partial charge on any atom is 0.257 e. The SMILES string of the molecule is CC(CS(C)=O)N(C)C(=O)c1coc2ccccc12. The minimum absolute atomic E-state index is 0.0769. The molecule has 1 aromatic heterocycles. The summed E-state index contributed by atoms with van der Waals surface area (Å²) >= 11 is 0. The molecule has 5 heteroatoms. The highest BCUT2D eigenvalue weighted by Gasteiger charge is 2.21. The molecular weight excluding hydrogens is 262 g/mol. The van der Waals surface area contributed by atoms with Crippen molar-refractivity contribution >= 4 is 27.7 Å². The van der Waals surface area contributed by atoms with Gasteiger partial charge in [-0.3, -0.25) is 9.00 Å². The fraction of sp³-hybridized carbons (Fsp3) is 0.357. The van der Waals surface area contributed by atoms with E-state index in [0.717, 1.165) is 5.39 Å². The summed E-state index contributed by atoms with van der Waals surface area (Å²) in [4.78, 5) is 14.0. The van der Waals surface area contributed by atoms with Crippen LogP contribution in [0, 0.1) is 0 Å². The van der Waals surface area contributed by atoms with Crippen molar-refractivity contribution in [2.45, 2.75) is 13.0 Å². The number of furan rings is 1. The van der Waals surface area contributed by atoms with Crippen LogP contribution in [0.5, 0.6) is 0 Å². The lowest BCUT2D eigenvalue weighted by Crippen LogP contribution is -2.38. The molecule has 0 aliphatic heterocycles. The molecule has 0 aliphatic carbocycles. The first kappa shape index (κ1) is 13.8. The van der Waals surface area contributed by atoms with Crippen molar-refractivity contribution in [3.05, 3.63) is 36.1 Å². The quantitative estimate of drug-likeness (QED) is 0.862. The minimum Gasteiger partial charge on any atom is -0.463 e. The van der Waals surface area contributed by atoms with E-state index in [1.807, 2.05) is 31.2 Å². The van der Waals surface area contributed by atoms with Crippen LogP contribution in [0.3, 0.4) is 0 Å². The largest absolute Gasteiger partial charge is 0.463 e. The molecule has 2 unspecified atom stereocenters. The van der Waals surface area contributed by atoms with Gasteiger partial charge in [0.2, 0.25) is 0 Å². The minimum atomic E-state index is -0.924. The Kier molecular flexibility index (Phi) is 4.04. The highest BCUT2D eigenvalue weighted by Crippen LogP contribution is 2.22. The third-order valence-corrected chi connectivity index (χ3v) is 4.12. The van der Waals surface area contributed by atoms with Crippen LogP contribution in [-0.4, -0.2) is 40.1 Å². The van der Waals surface area contributed by atoms with Gasteiger partial charge in [0, 0.05) is 41.3 Å². The summed E-state index contributed by atoms with van der Waals surface area (Å²) in [5.74, 6) is 0.362. The summed E-state index contributed by atoms with van der Waals surface area (Å²) in [5.41, 5.74) is 1.25. The summed E-state index contributed by atoms with van der Waals surface area (Å²) in [6, 6.07) is 7.36. The molecule has 2 atom stereocenters. The number of para-hydroxylation sites is 1. The van der Waals surface area contributed by atoms with Crippen molar-refractivity contribution in [1.29, 1.82) is 0 Å². The molecule has 0 fully saturated rings. The predicted octanol–water partition coefficient (Wildman–Crippen LogP) is 2.27. The van der Waals surface area contributed by atoms with Crippen molar-refractivity contribution in [3.8, 4) is 0 Å². The van der Waals surface area contributed by atoms with E-state index in [1.54, 1.807) is 18.2 Å². The van der Waals surface area contributed by atoms with Crippen molar-refractivity contribution < 1.29 is 13.4 Å². The Labute approximate surface area is 114 Å². The fourth-order valence-corrected chi connectivity index (χ4v) is 2.89. The summed E-state index contributed by atoms with van der Waals surface area (Å²) in [6.45, 7) is 1.89. The van der Waals surface area contributed by atoms with Gasteiger partial charge < -0.3 is 9.32 Å². The average molecular weight is 279 g/mol. The monoisotopic (exact) mass is 279 g/mol. The number of benzene rings is 1. The molecule has 0 radical (unpaired) electrons. The number of fused-ring (bicyclic) bond motifs is 1. The molecule has 0 aliphatic rings. The second-order valence-electron chi connectivity index (χ2n) is 4.65. The summed E-state index contributed by atoms with van der Waals surface area (Å²) in [7, 11) is 0.800. The topological polar surface area (TPSA) is 50.5 Å². The Hall–Kier alpha value is -1.62. The van der Waals surface area contributed by atoms with Crippen molar-refractivity contribution in [2.24, 2.45) is 0 Å². The van der Waals surface area contributed by atoms with E-state index in [2.05, 4.69) is 0 Å². The van der Waals surface area contributed by atoms with Gasteiger partial charge in [0.1, 0.15) is 11.8 Å². The van der Waals surface area contributed by atoms with Crippen LogP contribution in [0.25, 0.3) is 11.0 Å². The average Bonchev–Trinajstić information content (AvgIpc) is 2.80. The molecular formula is C14H17NO3S. The van der Waals surface area contributed by atoms with Crippen LogP contribution in [0.1, 0.15) is 17.3 Å². The molecule has 0 saturated heterocycles. The molecule has 4 nitrogen and oxygen atoms in total. The van der Waals surface area contributed by atoms with E-state index in [1.165, 1.54) is 6.26 Å². The van der Waals surface area contributed by atoms with Crippen LogP contribution >= 0.6 is 0 Å². The van der Waals surface area contributed by atoms with Crippen molar-refractivity contribution in [3.63, 3.8) is 0 Å². The molecule has 0 bridgehead atoms. The standard InChI is InChI=1S/C14H17NO3S/c1-10(9-19(3)17)15(2)14(16)12-8-18-13-7-5-4-6-11(12)13/h4-8,10H,9H2,1-3H3. The maximum absolute atomic E-state index is 12.4. The zero-order valence-corrected chi connectivity index (χ0v) is 12.1. The summed E-state index contributed by atoms with van der Waals surface area (Å²) in [5, 5.41) is 0.809. The number of carbonyl (C=O) groups is 1. The van der Waals surface area contributed by atoms with Gasteiger partial charge in [-0.05, 0) is 13.0 Å². The van der Waals surface area contributed by atoms with Gasteiger partial charge in [0.05, 0.1) is 5.56 Å². The molecule has 1 heterocycles. The van der Waals surface area contributed by atoms with Crippen LogP contribution in [-0.2, 0) is 10.8 Å². The smallest absolute Gasteiger partial charge is 0.257 e. The third kappa shape index (κ3) is 2.87. The molecule has 0 spiro atoms. The number of nitrogens with zero attached hydrogens (tertiary/aromatic N) is 1. The van der Waals surface area contributed by atoms with Gasteiger partial charge in [0.25, 0.3) is 5.91 Å². The molecule has 2 aromatic rings. The fourth-order valence-electron chi connectivity index (χ4n) is 1.99. The van der Waals surface area contributed by atoms with E-state index in [-0.39, 0.29) is 11.9 Å². The predicted molar refractivity (Wildman–Crippen MR) is 76.7 cm³/mol. The van der Waals surface area contributed by atoms with Crippen LogP contribution in [0.4, 0.5) is 0 Å². The second kappa shape index (κ2) is 5.57. The number of rotatable bonds is 4. The zero-order chi connectivity index (χ0) is 14.0.